The Morgan fingerprint density at radius 3 is 1.25 bits per heavy atom. The minimum atomic E-state index is 0. The van der Waals surface area contributed by atoms with Gasteiger partial charge in [0.2, 0.25) is 0 Å². The first kappa shape index (κ1) is 14.6. The average Bonchev–Trinajstić information content (AvgIpc) is 3.01. The zero-order valence-corrected chi connectivity index (χ0v) is 11.3. The van der Waals surface area contributed by atoms with Gasteiger partial charge in [-0.25, -0.2) is 0 Å². The first-order valence-electron chi connectivity index (χ1n) is 6.07. The van der Waals surface area contributed by atoms with Gasteiger partial charge in [0.1, 0.15) is 0 Å². The van der Waals surface area contributed by atoms with Crippen LogP contribution in [-0.4, -0.2) is 0 Å². The Labute approximate surface area is 120 Å². The van der Waals surface area contributed by atoms with Crippen LogP contribution < -0.4 is 0 Å². The van der Waals surface area contributed by atoms with Crippen molar-refractivity contribution in [1.82, 2.24) is 0 Å². The number of fused-ring (bicyclic) bond motifs is 4. The molecular weight excluding hydrogens is 295 g/mol. The van der Waals surface area contributed by atoms with E-state index in [1.165, 1.54) is 51.4 Å². The fourth-order valence-electron chi connectivity index (χ4n) is 3.11. The first-order valence-corrected chi connectivity index (χ1v) is 6.07. The van der Waals surface area contributed by atoms with Gasteiger partial charge in [-0.3, -0.25) is 11.1 Å². The second kappa shape index (κ2) is 6.45. The van der Waals surface area contributed by atoms with Crippen molar-refractivity contribution < 1.29 is 34.1 Å². The Morgan fingerprint density at radius 2 is 1.19 bits per heavy atom. The van der Waals surface area contributed by atoms with Gasteiger partial charge in [-0.15, -0.1) is 0 Å². The summed E-state index contributed by atoms with van der Waals surface area (Å²) in [5, 5.41) is 0. The molecule has 0 aliphatic heterocycles. The molecule has 0 aromatic carbocycles. The molecule has 96 valence electrons. The number of allylic oxidation sites excluding steroid dienone is 4. The zero-order valence-electron chi connectivity index (χ0n) is 9.41. The summed E-state index contributed by atoms with van der Waals surface area (Å²) in [6, 6.07) is 0. The van der Waals surface area contributed by atoms with Crippen LogP contribution in [0.4, 0.5) is 0 Å². The molecule has 4 bridgehead atoms. The minimum Gasteiger partial charge on any atom is -0.497 e. The average molecular weight is 313 g/mol. The molecule has 0 N–H and O–H groups in total. The van der Waals surface area contributed by atoms with Crippen LogP contribution >= 0.6 is 0 Å². The number of hydrogen-bond acceptors (Lipinski definition) is 0. The summed E-state index contributed by atoms with van der Waals surface area (Å²) in [5.41, 5.74) is 3.23. The smallest absolute Gasteiger partial charge is 0.497 e. The van der Waals surface area contributed by atoms with Gasteiger partial charge in [0.25, 0.3) is 0 Å². The standard InChI is InChI=1S/2C7H9.2Cu/c2*1-2-7-4-3-6(1)5-7;;/h2*6H,1-3,5H2;;/q2*-1;2*+1. The molecule has 0 nitrogen and oxygen atoms in total. The summed E-state index contributed by atoms with van der Waals surface area (Å²) in [4.78, 5) is 0. The van der Waals surface area contributed by atoms with Gasteiger partial charge in [-0.2, -0.15) is 12.8 Å². The van der Waals surface area contributed by atoms with Crippen molar-refractivity contribution in [2.24, 2.45) is 11.8 Å². The maximum atomic E-state index is 3.37. The van der Waals surface area contributed by atoms with Crippen LogP contribution in [0.5, 0.6) is 0 Å². The summed E-state index contributed by atoms with van der Waals surface area (Å²) in [5.74, 6) is 2.05. The molecule has 2 fully saturated rings. The molecular formula is C14H18Cu2. The molecule has 0 heterocycles. The van der Waals surface area contributed by atoms with E-state index < -0.39 is 0 Å². The van der Waals surface area contributed by atoms with Crippen LogP contribution in [0.1, 0.15) is 51.4 Å². The third-order valence-corrected chi connectivity index (χ3v) is 4.06. The summed E-state index contributed by atoms with van der Waals surface area (Å²) in [6.07, 6.45) is 17.7. The van der Waals surface area contributed by atoms with E-state index in [0.29, 0.717) is 0 Å². The zero-order chi connectivity index (χ0) is 9.38. The SMILES string of the molecule is [C-]1=C2CCC(C1)C2.[C-]1=C2CCC(C1)C2.[Cu+].[Cu+]. The summed E-state index contributed by atoms with van der Waals surface area (Å²) in [6.45, 7) is 0. The van der Waals surface area contributed by atoms with Crippen LogP contribution in [0.25, 0.3) is 0 Å². The third kappa shape index (κ3) is 3.26. The van der Waals surface area contributed by atoms with Crippen LogP contribution in [0.2, 0.25) is 0 Å². The van der Waals surface area contributed by atoms with Crippen molar-refractivity contribution in [3.63, 3.8) is 0 Å². The van der Waals surface area contributed by atoms with Gasteiger partial charge in [0.15, 0.2) is 0 Å². The van der Waals surface area contributed by atoms with Gasteiger partial charge >= 0.3 is 34.1 Å². The van der Waals surface area contributed by atoms with Crippen molar-refractivity contribution in [2.75, 3.05) is 0 Å². The molecule has 4 aliphatic rings. The van der Waals surface area contributed by atoms with Crippen LogP contribution in [-0.2, 0) is 34.1 Å². The number of hydrogen-bond donors (Lipinski definition) is 0. The molecule has 2 atom stereocenters. The Hall–Kier alpha value is 0.519. The molecule has 0 saturated heterocycles. The molecule has 2 heteroatoms. The predicted molar refractivity (Wildman–Crippen MR) is 57.4 cm³/mol. The van der Waals surface area contributed by atoms with Gasteiger partial charge in [-0.1, -0.05) is 50.4 Å². The Morgan fingerprint density at radius 1 is 0.750 bits per heavy atom. The van der Waals surface area contributed by atoms with E-state index in [-0.39, 0.29) is 34.1 Å². The topological polar surface area (TPSA) is 0 Å². The first-order chi connectivity index (χ1) is 6.90. The predicted octanol–water partition coefficient (Wildman–Crippen LogP) is 3.83. The molecule has 0 aromatic heterocycles. The maximum Gasteiger partial charge on any atom is 1.00 e. The fourth-order valence-corrected chi connectivity index (χ4v) is 3.11. The largest absolute Gasteiger partial charge is 1.00 e. The van der Waals surface area contributed by atoms with E-state index in [4.69, 9.17) is 0 Å². The van der Waals surface area contributed by atoms with Gasteiger partial charge in [-0.05, 0) is 0 Å². The van der Waals surface area contributed by atoms with Crippen molar-refractivity contribution in [1.29, 1.82) is 0 Å². The van der Waals surface area contributed by atoms with E-state index in [1.807, 2.05) is 0 Å². The van der Waals surface area contributed by atoms with Crippen LogP contribution in [0, 0.1) is 24.0 Å². The molecule has 2 saturated carbocycles. The van der Waals surface area contributed by atoms with Crippen molar-refractivity contribution in [3.8, 4) is 0 Å². The molecule has 4 aliphatic carbocycles. The van der Waals surface area contributed by atoms with E-state index in [0.717, 1.165) is 11.8 Å². The van der Waals surface area contributed by atoms with E-state index >= 15 is 0 Å². The van der Waals surface area contributed by atoms with Crippen molar-refractivity contribution >= 4 is 0 Å². The fraction of sp³-hybridized carbons (Fsp3) is 0.714. The van der Waals surface area contributed by atoms with Crippen molar-refractivity contribution in [2.45, 2.75) is 51.4 Å². The second-order valence-corrected chi connectivity index (χ2v) is 5.19. The number of rotatable bonds is 0. The van der Waals surface area contributed by atoms with Gasteiger partial charge in [0, 0.05) is 0 Å². The maximum absolute atomic E-state index is 3.37. The minimum absolute atomic E-state index is 0. The van der Waals surface area contributed by atoms with E-state index in [9.17, 15) is 0 Å². The monoisotopic (exact) mass is 312 g/mol. The molecule has 0 radical (unpaired) electrons. The third-order valence-electron chi connectivity index (χ3n) is 4.06. The summed E-state index contributed by atoms with van der Waals surface area (Å²) < 4.78 is 0. The summed E-state index contributed by atoms with van der Waals surface area (Å²) >= 11 is 0. The normalized spacial score (nSPS) is 32.0. The molecule has 16 heavy (non-hydrogen) atoms. The second-order valence-electron chi connectivity index (χ2n) is 5.19. The molecule has 0 aromatic rings. The molecule has 0 amide bonds. The van der Waals surface area contributed by atoms with Crippen LogP contribution in [0.3, 0.4) is 0 Å². The van der Waals surface area contributed by atoms with E-state index in [1.54, 1.807) is 11.1 Å². The Balaban J connectivity index is 0.000000142. The van der Waals surface area contributed by atoms with Gasteiger partial charge in [0.05, 0.1) is 0 Å². The summed E-state index contributed by atoms with van der Waals surface area (Å²) in [7, 11) is 0. The molecule has 4 rings (SSSR count). The van der Waals surface area contributed by atoms with E-state index in [2.05, 4.69) is 12.2 Å². The van der Waals surface area contributed by atoms with Crippen molar-refractivity contribution in [3.05, 3.63) is 23.3 Å². The molecule has 0 spiro atoms. The Kier molecular flexibility index (Phi) is 5.88. The van der Waals surface area contributed by atoms with Gasteiger partial charge < -0.3 is 12.2 Å². The Bertz CT molecular complexity index is 261. The van der Waals surface area contributed by atoms with Crippen LogP contribution in [0.15, 0.2) is 11.1 Å². The quantitative estimate of drug-likeness (QED) is 0.471. The molecule has 2 unspecified atom stereocenters.